The Hall–Kier alpha value is -0.800. The average Bonchev–Trinajstić information content (AvgIpc) is 2.05. The maximum Gasteiger partial charge on any atom is 0.125 e. The van der Waals surface area contributed by atoms with Crippen LogP contribution in [0.2, 0.25) is 0 Å². The number of aliphatic hydroxyl groups excluding tert-OH is 1. The summed E-state index contributed by atoms with van der Waals surface area (Å²) in [5.74, 6) is -0.238. The van der Waals surface area contributed by atoms with Crippen molar-refractivity contribution in [3.63, 3.8) is 0 Å². The van der Waals surface area contributed by atoms with Crippen LogP contribution in [0.3, 0.4) is 0 Å². The van der Waals surface area contributed by atoms with Crippen molar-refractivity contribution in [2.24, 2.45) is 0 Å². The molecule has 0 bridgehead atoms. The highest BCUT2D eigenvalue weighted by Gasteiger charge is 2.15. The van der Waals surface area contributed by atoms with E-state index in [2.05, 4.69) is 5.32 Å². The normalized spacial score (nSPS) is 19.7. The second-order valence-corrected chi connectivity index (χ2v) is 3.04. The van der Waals surface area contributed by atoms with Gasteiger partial charge in [0.25, 0.3) is 0 Å². The number of aliphatic hydroxyl groups is 1. The molecule has 2 N–H and O–H groups in total. The zero-order chi connectivity index (χ0) is 8.55. The van der Waals surface area contributed by atoms with Crippen molar-refractivity contribution in [1.29, 1.82) is 0 Å². The molecular weight excluding hydrogens is 193 g/mol. The first-order chi connectivity index (χ1) is 5.75. The Morgan fingerprint density at radius 1 is 1.46 bits per heavy atom. The number of β-amino-alcohol motifs (C(OH)–C–C–N with tert-alkyl or cyclic N) is 1. The van der Waals surface area contributed by atoms with Crippen molar-refractivity contribution in [1.82, 2.24) is 0 Å². The first-order valence-electron chi connectivity index (χ1n) is 3.96. The first-order valence-corrected chi connectivity index (χ1v) is 3.96. The van der Waals surface area contributed by atoms with Gasteiger partial charge in [-0.25, -0.2) is 4.39 Å². The Kier molecular flexibility index (Phi) is 3.12. The molecule has 1 heterocycles. The van der Waals surface area contributed by atoms with E-state index in [0.717, 1.165) is 11.3 Å². The largest absolute Gasteiger partial charge is 0.391 e. The zero-order valence-electron chi connectivity index (χ0n) is 6.96. The number of hydrogen-bond donors (Lipinski definition) is 2. The van der Waals surface area contributed by atoms with Crippen LogP contribution in [-0.2, 0) is 6.42 Å². The smallest absolute Gasteiger partial charge is 0.125 e. The predicted octanol–water partition coefficient (Wildman–Crippen LogP) is 1.58. The molecule has 1 aromatic rings. The molecule has 0 fully saturated rings. The fraction of sp³-hybridized carbons (Fsp3) is 0.333. The second-order valence-electron chi connectivity index (χ2n) is 3.04. The van der Waals surface area contributed by atoms with Crippen molar-refractivity contribution >= 4 is 18.1 Å². The minimum absolute atomic E-state index is 0. The van der Waals surface area contributed by atoms with Gasteiger partial charge in [0.2, 0.25) is 0 Å². The molecule has 1 aliphatic heterocycles. The van der Waals surface area contributed by atoms with Gasteiger partial charge in [-0.3, -0.25) is 0 Å². The Morgan fingerprint density at radius 3 is 3.00 bits per heavy atom. The Morgan fingerprint density at radius 2 is 2.23 bits per heavy atom. The molecule has 0 radical (unpaired) electrons. The molecule has 1 aliphatic rings. The van der Waals surface area contributed by atoms with Crippen molar-refractivity contribution in [2.75, 3.05) is 11.9 Å². The number of hydrogen-bond acceptors (Lipinski definition) is 2. The molecule has 0 saturated heterocycles. The minimum Gasteiger partial charge on any atom is -0.391 e. The van der Waals surface area contributed by atoms with Crippen LogP contribution >= 0.6 is 12.4 Å². The topological polar surface area (TPSA) is 32.3 Å². The average molecular weight is 204 g/mol. The zero-order valence-corrected chi connectivity index (χ0v) is 7.77. The number of halogens is 2. The SMILES string of the molecule is Cl.OC1CNc2cc(F)ccc2C1. The van der Waals surface area contributed by atoms with E-state index in [9.17, 15) is 9.50 Å². The summed E-state index contributed by atoms with van der Waals surface area (Å²) in [6.07, 6.45) is 0.269. The van der Waals surface area contributed by atoms with Crippen LogP contribution in [-0.4, -0.2) is 17.8 Å². The van der Waals surface area contributed by atoms with E-state index >= 15 is 0 Å². The summed E-state index contributed by atoms with van der Waals surface area (Å²) in [4.78, 5) is 0. The highest BCUT2D eigenvalue weighted by molar-refractivity contribution is 5.85. The maximum absolute atomic E-state index is 12.7. The van der Waals surface area contributed by atoms with E-state index in [0.29, 0.717) is 13.0 Å². The number of nitrogens with one attached hydrogen (secondary N) is 1. The van der Waals surface area contributed by atoms with E-state index in [1.165, 1.54) is 12.1 Å². The van der Waals surface area contributed by atoms with E-state index in [-0.39, 0.29) is 24.3 Å². The van der Waals surface area contributed by atoms with Gasteiger partial charge in [-0.2, -0.15) is 0 Å². The van der Waals surface area contributed by atoms with Gasteiger partial charge in [0.15, 0.2) is 0 Å². The molecule has 0 aliphatic carbocycles. The lowest BCUT2D eigenvalue weighted by molar-refractivity contribution is 0.184. The molecule has 1 atom stereocenters. The van der Waals surface area contributed by atoms with Gasteiger partial charge in [-0.15, -0.1) is 12.4 Å². The summed E-state index contributed by atoms with van der Waals surface area (Å²) in [6.45, 7) is 0.510. The number of fused-ring (bicyclic) bond motifs is 1. The molecule has 1 aromatic carbocycles. The van der Waals surface area contributed by atoms with E-state index in [4.69, 9.17) is 0 Å². The first kappa shape index (κ1) is 10.3. The van der Waals surface area contributed by atoms with Crippen molar-refractivity contribution in [3.8, 4) is 0 Å². The van der Waals surface area contributed by atoms with Crippen molar-refractivity contribution < 1.29 is 9.50 Å². The van der Waals surface area contributed by atoms with E-state index < -0.39 is 0 Å². The van der Waals surface area contributed by atoms with Crippen molar-refractivity contribution in [3.05, 3.63) is 29.6 Å². The maximum atomic E-state index is 12.7. The fourth-order valence-corrected chi connectivity index (χ4v) is 1.45. The highest BCUT2D eigenvalue weighted by Crippen LogP contribution is 2.22. The van der Waals surface area contributed by atoms with Crippen molar-refractivity contribution in [2.45, 2.75) is 12.5 Å². The Labute approximate surface area is 82.2 Å². The van der Waals surface area contributed by atoms with Gasteiger partial charge in [0.1, 0.15) is 5.82 Å². The summed E-state index contributed by atoms with van der Waals surface area (Å²) in [7, 11) is 0. The van der Waals surface area contributed by atoms with Gasteiger partial charge in [0.05, 0.1) is 6.10 Å². The Bertz CT molecular complexity index is 306. The third-order valence-corrected chi connectivity index (χ3v) is 2.06. The Balaban J connectivity index is 0.000000845. The third-order valence-electron chi connectivity index (χ3n) is 2.06. The van der Waals surface area contributed by atoms with Crippen LogP contribution in [0.5, 0.6) is 0 Å². The van der Waals surface area contributed by atoms with Gasteiger partial charge in [0, 0.05) is 18.7 Å². The second kappa shape index (κ2) is 3.94. The van der Waals surface area contributed by atoms with Crippen LogP contribution in [0.4, 0.5) is 10.1 Å². The van der Waals surface area contributed by atoms with Gasteiger partial charge in [-0.05, 0) is 17.7 Å². The molecule has 13 heavy (non-hydrogen) atoms. The summed E-state index contributed by atoms with van der Waals surface area (Å²) < 4.78 is 12.7. The van der Waals surface area contributed by atoms with Gasteiger partial charge >= 0.3 is 0 Å². The molecule has 4 heteroatoms. The number of benzene rings is 1. The summed E-state index contributed by atoms with van der Waals surface area (Å²) >= 11 is 0. The number of anilines is 1. The van der Waals surface area contributed by atoms with Crippen LogP contribution in [0, 0.1) is 5.82 Å². The van der Waals surface area contributed by atoms with E-state index in [1.54, 1.807) is 6.07 Å². The summed E-state index contributed by atoms with van der Waals surface area (Å²) in [5.41, 5.74) is 1.79. The molecule has 0 amide bonds. The van der Waals surface area contributed by atoms with Crippen LogP contribution in [0.15, 0.2) is 18.2 Å². The summed E-state index contributed by atoms with van der Waals surface area (Å²) in [6, 6.07) is 4.58. The van der Waals surface area contributed by atoms with Gasteiger partial charge < -0.3 is 10.4 Å². The molecule has 0 spiro atoms. The molecule has 0 aromatic heterocycles. The third kappa shape index (κ3) is 2.11. The highest BCUT2D eigenvalue weighted by atomic mass is 35.5. The van der Waals surface area contributed by atoms with Gasteiger partial charge in [-0.1, -0.05) is 6.07 Å². The summed E-state index contributed by atoms with van der Waals surface area (Å²) in [5, 5.41) is 12.2. The van der Waals surface area contributed by atoms with E-state index in [1.807, 2.05) is 0 Å². The molecule has 2 nitrogen and oxygen atoms in total. The van der Waals surface area contributed by atoms with Crippen LogP contribution < -0.4 is 5.32 Å². The van der Waals surface area contributed by atoms with Crippen LogP contribution in [0.25, 0.3) is 0 Å². The molecule has 0 saturated carbocycles. The molecule has 72 valence electrons. The monoisotopic (exact) mass is 203 g/mol. The standard InChI is InChI=1S/C9H10FNO.ClH/c10-7-2-1-6-3-8(12)5-11-9(6)4-7;/h1-2,4,8,11-12H,3,5H2;1H. The number of rotatable bonds is 0. The lowest BCUT2D eigenvalue weighted by atomic mass is 10.0. The quantitative estimate of drug-likeness (QED) is 0.671. The minimum atomic E-state index is -0.344. The lowest BCUT2D eigenvalue weighted by Crippen LogP contribution is -2.27. The predicted molar refractivity (Wildman–Crippen MR) is 51.8 cm³/mol. The molecule has 1 unspecified atom stereocenters. The molecule has 2 rings (SSSR count). The lowest BCUT2D eigenvalue weighted by Gasteiger charge is -2.22. The molecular formula is C9H11ClFNO. The fourth-order valence-electron chi connectivity index (χ4n) is 1.45. The van der Waals surface area contributed by atoms with Crippen LogP contribution in [0.1, 0.15) is 5.56 Å².